The van der Waals surface area contributed by atoms with Crippen LogP contribution in [0.1, 0.15) is 25.1 Å². The first-order valence-electron chi connectivity index (χ1n) is 6.39. The van der Waals surface area contributed by atoms with Gasteiger partial charge in [0.25, 0.3) is 10.0 Å². The zero-order valence-corrected chi connectivity index (χ0v) is 12.3. The molecule has 2 N–H and O–H groups in total. The molecule has 1 aromatic rings. The molecule has 0 saturated carbocycles. The van der Waals surface area contributed by atoms with E-state index in [1.165, 1.54) is 4.31 Å². The van der Waals surface area contributed by atoms with Crippen LogP contribution in [-0.2, 0) is 23.0 Å². The van der Waals surface area contributed by atoms with Crippen LogP contribution in [0.3, 0.4) is 0 Å². The van der Waals surface area contributed by atoms with Crippen molar-refractivity contribution >= 4 is 22.4 Å². The van der Waals surface area contributed by atoms with E-state index in [-0.39, 0.29) is 23.5 Å². The molecule has 0 bridgehead atoms. The first-order chi connectivity index (χ1) is 8.57. The lowest BCUT2D eigenvalue weighted by molar-refractivity contribution is 0.469. The molecule has 1 fully saturated rings. The molecular formula is C11H19ClN4O2S. The first-order valence-corrected chi connectivity index (χ1v) is 7.83. The topological polar surface area (TPSA) is 81.2 Å². The van der Waals surface area contributed by atoms with E-state index >= 15 is 0 Å². The van der Waals surface area contributed by atoms with Crippen LogP contribution < -0.4 is 5.73 Å². The molecule has 3 rings (SSSR count). The van der Waals surface area contributed by atoms with Gasteiger partial charge in [0, 0.05) is 38.3 Å². The summed E-state index contributed by atoms with van der Waals surface area (Å²) in [6.45, 7) is 1.79. The maximum atomic E-state index is 12.4. The maximum absolute atomic E-state index is 12.4. The number of hydrogen-bond donors (Lipinski definition) is 1. The molecule has 2 aliphatic rings. The minimum Gasteiger partial charge on any atom is -0.333 e. The van der Waals surface area contributed by atoms with Crippen molar-refractivity contribution in [1.29, 1.82) is 0 Å². The second-order valence-corrected chi connectivity index (χ2v) is 6.94. The lowest BCUT2D eigenvalue weighted by Gasteiger charge is -2.13. The SMILES string of the molecule is Cl.N[C@H]1CCN(S(=O)(=O)c2cn3c(n2)CCCC3)C1. The molecule has 0 aromatic carbocycles. The molecule has 108 valence electrons. The Kier molecular flexibility index (Phi) is 4.20. The van der Waals surface area contributed by atoms with Crippen LogP contribution in [0.4, 0.5) is 0 Å². The lowest BCUT2D eigenvalue weighted by Crippen LogP contribution is -2.32. The van der Waals surface area contributed by atoms with E-state index in [0.29, 0.717) is 13.1 Å². The molecule has 0 unspecified atom stereocenters. The molecule has 1 atom stereocenters. The first kappa shape index (κ1) is 14.8. The van der Waals surface area contributed by atoms with Crippen LogP contribution >= 0.6 is 12.4 Å². The third-order valence-electron chi connectivity index (χ3n) is 3.68. The zero-order valence-electron chi connectivity index (χ0n) is 10.7. The Bertz CT molecular complexity index is 534. The number of imidazole rings is 1. The zero-order chi connectivity index (χ0) is 12.8. The average molecular weight is 307 g/mol. The molecule has 0 radical (unpaired) electrons. The van der Waals surface area contributed by atoms with Crippen molar-refractivity contribution in [3.05, 3.63) is 12.0 Å². The summed E-state index contributed by atoms with van der Waals surface area (Å²) in [5.41, 5.74) is 5.77. The van der Waals surface area contributed by atoms with Crippen LogP contribution in [0.5, 0.6) is 0 Å². The molecule has 0 spiro atoms. The Balaban J connectivity index is 0.00000133. The van der Waals surface area contributed by atoms with Gasteiger partial charge >= 0.3 is 0 Å². The molecule has 8 heteroatoms. The van der Waals surface area contributed by atoms with Gasteiger partial charge in [0.05, 0.1) is 0 Å². The predicted molar refractivity (Wildman–Crippen MR) is 73.8 cm³/mol. The Morgan fingerprint density at radius 3 is 2.74 bits per heavy atom. The van der Waals surface area contributed by atoms with Crippen LogP contribution in [0.15, 0.2) is 11.2 Å². The molecule has 2 aliphatic heterocycles. The van der Waals surface area contributed by atoms with Gasteiger partial charge in [-0.3, -0.25) is 0 Å². The number of sulfonamides is 1. The summed E-state index contributed by atoms with van der Waals surface area (Å²) < 4.78 is 28.2. The Labute approximate surface area is 119 Å². The average Bonchev–Trinajstić information content (AvgIpc) is 2.94. The van der Waals surface area contributed by atoms with Gasteiger partial charge in [0.15, 0.2) is 5.03 Å². The van der Waals surface area contributed by atoms with Crippen molar-refractivity contribution in [3.63, 3.8) is 0 Å². The molecular weight excluding hydrogens is 288 g/mol. The van der Waals surface area contributed by atoms with Crippen LogP contribution in [0.2, 0.25) is 0 Å². The summed E-state index contributed by atoms with van der Waals surface area (Å²) in [6.07, 6.45) is 5.46. The van der Waals surface area contributed by atoms with E-state index in [0.717, 1.165) is 38.1 Å². The maximum Gasteiger partial charge on any atom is 0.262 e. The molecule has 3 heterocycles. The highest BCUT2D eigenvalue weighted by Gasteiger charge is 2.33. The Morgan fingerprint density at radius 1 is 1.32 bits per heavy atom. The van der Waals surface area contributed by atoms with Gasteiger partial charge in [-0.2, -0.15) is 4.31 Å². The summed E-state index contributed by atoms with van der Waals surface area (Å²) in [6, 6.07) is -0.0444. The number of aromatic nitrogens is 2. The van der Waals surface area contributed by atoms with Crippen molar-refractivity contribution in [2.75, 3.05) is 13.1 Å². The number of hydrogen-bond acceptors (Lipinski definition) is 4. The van der Waals surface area contributed by atoms with E-state index < -0.39 is 10.0 Å². The fraction of sp³-hybridized carbons (Fsp3) is 0.727. The second kappa shape index (κ2) is 5.40. The van der Waals surface area contributed by atoms with Gasteiger partial charge < -0.3 is 10.3 Å². The van der Waals surface area contributed by atoms with E-state index in [1.807, 2.05) is 4.57 Å². The molecule has 0 aliphatic carbocycles. The summed E-state index contributed by atoms with van der Waals surface area (Å²) in [5, 5.41) is 0.188. The minimum atomic E-state index is -3.44. The number of fused-ring (bicyclic) bond motifs is 1. The van der Waals surface area contributed by atoms with Crippen molar-refractivity contribution in [2.45, 2.75) is 43.3 Å². The van der Waals surface area contributed by atoms with Crippen molar-refractivity contribution in [3.8, 4) is 0 Å². The summed E-state index contributed by atoms with van der Waals surface area (Å²) in [4.78, 5) is 4.28. The van der Waals surface area contributed by atoms with Gasteiger partial charge in [0.1, 0.15) is 5.82 Å². The van der Waals surface area contributed by atoms with E-state index in [4.69, 9.17) is 5.73 Å². The van der Waals surface area contributed by atoms with E-state index in [1.54, 1.807) is 6.20 Å². The number of halogens is 1. The Hall–Kier alpha value is -0.630. The molecule has 1 aromatic heterocycles. The van der Waals surface area contributed by atoms with Crippen LogP contribution in [0.25, 0.3) is 0 Å². The third kappa shape index (κ3) is 2.65. The Morgan fingerprint density at radius 2 is 2.11 bits per heavy atom. The van der Waals surface area contributed by atoms with Gasteiger partial charge in [-0.25, -0.2) is 13.4 Å². The fourth-order valence-electron chi connectivity index (χ4n) is 2.62. The quantitative estimate of drug-likeness (QED) is 0.855. The van der Waals surface area contributed by atoms with Gasteiger partial charge in [-0.05, 0) is 19.3 Å². The van der Waals surface area contributed by atoms with Crippen molar-refractivity contribution in [1.82, 2.24) is 13.9 Å². The van der Waals surface area contributed by atoms with Gasteiger partial charge in [0.2, 0.25) is 0 Å². The minimum absolute atomic E-state index is 0. The number of aryl methyl sites for hydroxylation is 2. The fourth-order valence-corrected chi connectivity index (χ4v) is 4.09. The standard InChI is InChI=1S/C11H18N4O2S.ClH/c12-9-4-6-15(7-9)18(16,17)11-8-14-5-2-1-3-10(14)13-11;/h8-9H,1-7,12H2;1H/t9-;/m0./s1. The number of nitrogens with two attached hydrogens (primary N) is 1. The normalized spacial score (nSPS) is 23.9. The summed E-state index contributed by atoms with van der Waals surface area (Å²) >= 11 is 0. The van der Waals surface area contributed by atoms with Gasteiger partial charge in [-0.15, -0.1) is 12.4 Å². The van der Waals surface area contributed by atoms with Crippen LogP contribution in [0, 0.1) is 0 Å². The third-order valence-corrected chi connectivity index (χ3v) is 5.41. The van der Waals surface area contributed by atoms with Crippen molar-refractivity contribution < 1.29 is 8.42 Å². The van der Waals surface area contributed by atoms with Crippen molar-refractivity contribution in [2.24, 2.45) is 5.73 Å². The monoisotopic (exact) mass is 306 g/mol. The number of rotatable bonds is 2. The molecule has 6 nitrogen and oxygen atoms in total. The highest BCUT2D eigenvalue weighted by molar-refractivity contribution is 7.89. The molecule has 19 heavy (non-hydrogen) atoms. The number of nitrogens with zero attached hydrogens (tertiary/aromatic N) is 3. The lowest BCUT2D eigenvalue weighted by atomic mass is 10.2. The highest BCUT2D eigenvalue weighted by atomic mass is 35.5. The second-order valence-electron chi connectivity index (χ2n) is 5.06. The smallest absolute Gasteiger partial charge is 0.262 e. The predicted octanol–water partition coefficient (Wildman–Crippen LogP) is 0.363. The molecule has 1 saturated heterocycles. The highest BCUT2D eigenvalue weighted by Crippen LogP contribution is 2.22. The molecule has 0 amide bonds. The van der Waals surface area contributed by atoms with E-state index in [2.05, 4.69) is 4.98 Å². The van der Waals surface area contributed by atoms with E-state index in [9.17, 15) is 8.42 Å². The van der Waals surface area contributed by atoms with Gasteiger partial charge in [-0.1, -0.05) is 0 Å². The van der Waals surface area contributed by atoms with Crippen LogP contribution in [-0.4, -0.2) is 41.4 Å². The summed E-state index contributed by atoms with van der Waals surface area (Å²) in [7, 11) is -3.44. The summed E-state index contributed by atoms with van der Waals surface area (Å²) in [5.74, 6) is 0.892. The largest absolute Gasteiger partial charge is 0.333 e.